The van der Waals surface area contributed by atoms with Crippen LogP contribution in [0, 0.1) is 0 Å². The molecule has 0 aromatic carbocycles. The van der Waals surface area contributed by atoms with Gasteiger partial charge in [-0.05, 0) is 6.92 Å². The Bertz CT molecular complexity index is 496. The average Bonchev–Trinajstić information content (AvgIpc) is 2.83. The maximum atomic E-state index is 12.0. The summed E-state index contributed by atoms with van der Waals surface area (Å²) in [7, 11) is 2.96. The molecular formula is C12H18N4O4S. The molecule has 21 heavy (non-hydrogen) atoms. The van der Waals surface area contributed by atoms with Gasteiger partial charge in [-0.15, -0.1) is 0 Å². The predicted molar refractivity (Wildman–Crippen MR) is 77.8 cm³/mol. The van der Waals surface area contributed by atoms with Gasteiger partial charge in [-0.3, -0.25) is 14.9 Å². The molecule has 0 aromatic rings. The Hall–Kier alpha value is -1.77. The number of carbonyl (C=O) groups is 3. The Labute approximate surface area is 126 Å². The monoisotopic (exact) mass is 314 g/mol. The van der Waals surface area contributed by atoms with Gasteiger partial charge in [0.15, 0.2) is 17.4 Å². The highest BCUT2D eigenvalue weighted by Gasteiger charge is 2.47. The molecule has 8 nitrogen and oxygen atoms in total. The predicted octanol–water partition coefficient (Wildman–Crippen LogP) is -0.149. The average molecular weight is 314 g/mol. The molecule has 2 rings (SSSR count). The molecule has 0 aromatic heterocycles. The van der Waals surface area contributed by atoms with E-state index >= 15 is 0 Å². The molecule has 2 unspecified atom stereocenters. The maximum Gasteiger partial charge on any atom is 0.325 e. The lowest BCUT2D eigenvalue weighted by Gasteiger charge is -2.35. The van der Waals surface area contributed by atoms with Crippen molar-refractivity contribution >= 4 is 34.8 Å². The largest absolute Gasteiger partial charge is 0.469 e. The Morgan fingerprint density at radius 3 is 2.81 bits per heavy atom. The van der Waals surface area contributed by atoms with E-state index in [2.05, 4.69) is 15.0 Å². The van der Waals surface area contributed by atoms with Crippen LogP contribution in [0.2, 0.25) is 0 Å². The molecule has 1 fully saturated rings. The van der Waals surface area contributed by atoms with Gasteiger partial charge in [0.25, 0.3) is 5.91 Å². The molecule has 0 aliphatic carbocycles. The van der Waals surface area contributed by atoms with E-state index in [-0.39, 0.29) is 18.3 Å². The van der Waals surface area contributed by atoms with Crippen LogP contribution in [-0.2, 0) is 14.3 Å². The minimum absolute atomic E-state index is 0.272. The first-order chi connectivity index (χ1) is 9.99. The van der Waals surface area contributed by atoms with Gasteiger partial charge in [-0.1, -0.05) is 11.8 Å². The molecule has 0 radical (unpaired) electrons. The first-order valence-electron chi connectivity index (χ1n) is 6.61. The highest BCUT2D eigenvalue weighted by atomic mass is 32.2. The highest BCUT2D eigenvalue weighted by molar-refractivity contribution is 8.13. The van der Waals surface area contributed by atoms with Gasteiger partial charge >= 0.3 is 12.0 Å². The standard InChI is InChI=1S/C12H18N4O4S/c1-4-16-8-9(15(2)11(19)14-10(8)18)13-12(16)21-6-5-7(17)20-3/h8-9H,4-6H2,1-3H3,(H,14,18,19). The van der Waals surface area contributed by atoms with Gasteiger partial charge in [-0.25, -0.2) is 9.79 Å². The normalized spacial score (nSPS) is 24.6. The molecule has 2 heterocycles. The fourth-order valence-electron chi connectivity index (χ4n) is 2.28. The number of hydrogen-bond donors (Lipinski definition) is 1. The maximum absolute atomic E-state index is 12.0. The third-order valence-corrected chi connectivity index (χ3v) is 4.43. The SMILES string of the molecule is CCN1C(SCCC(=O)OC)=NC2C1C(=O)NC(=O)N2C. The number of thioether (sulfide) groups is 1. The number of methoxy groups -OCH3 is 1. The van der Waals surface area contributed by atoms with Crippen LogP contribution in [-0.4, -0.2) is 71.5 Å². The van der Waals surface area contributed by atoms with Crippen LogP contribution in [0.3, 0.4) is 0 Å². The summed E-state index contributed by atoms with van der Waals surface area (Å²) in [5.74, 6) is -0.107. The number of likely N-dealkylation sites (N-methyl/N-ethyl adjacent to an activating group) is 2. The Morgan fingerprint density at radius 2 is 2.19 bits per heavy atom. The zero-order valence-corrected chi connectivity index (χ0v) is 13.0. The molecule has 2 atom stereocenters. The third kappa shape index (κ3) is 2.97. The number of imide groups is 1. The van der Waals surface area contributed by atoms with Crippen LogP contribution in [0.15, 0.2) is 4.99 Å². The van der Waals surface area contributed by atoms with Crippen LogP contribution in [0.1, 0.15) is 13.3 Å². The number of amides is 3. The molecule has 0 saturated carbocycles. The van der Waals surface area contributed by atoms with Gasteiger partial charge in [0.1, 0.15) is 0 Å². The second kappa shape index (κ2) is 6.33. The molecule has 9 heteroatoms. The third-order valence-electron chi connectivity index (χ3n) is 3.43. The number of ether oxygens (including phenoxy) is 1. The lowest BCUT2D eigenvalue weighted by molar-refractivity contribution is -0.140. The molecule has 3 amide bonds. The van der Waals surface area contributed by atoms with Crippen molar-refractivity contribution in [1.29, 1.82) is 0 Å². The summed E-state index contributed by atoms with van der Waals surface area (Å²) in [6.07, 6.45) is -0.236. The molecule has 1 N–H and O–H groups in total. The fourth-order valence-corrected chi connectivity index (χ4v) is 3.32. The van der Waals surface area contributed by atoms with E-state index in [9.17, 15) is 14.4 Å². The first kappa shape index (κ1) is 15.6. The number of rotatable bonds is 4. The van der Waals surface area contributed by atoms with Crippen molar-refractivity contribution in [1.82, 2.24) is 15.1 Å². The summed E-state index contributed by atoms with van der Waals surface area (Å²) in [5.41, 5.74) is 0. The minimum atomic E-state index is -0.508. The van der Waals surface area contributed by atoms with Crippen LogP contribution in [0.5, 0.6) is 0 Å². The number of esters is 1. The van der Waals surface area contributed by atoms with Crippen molar-refractivity contribution in [2.45, 2.75) is 25.6 Å². The molecule has 116 valence electrons. The zero-order valence-electron chi connectivity index (χ0n) is 12.2. The Morgan fingerprint density at radius 1 is 1.48 bits per heavy atom. The van der Waals surface area contributed by atoms with E-state index in [1.807, 2.05) is 11.8 Å². The number of amidine groups is 1. The van der Waals surface area contributed by atoms with Crippen LogP contribution >= 0.6 is 11.8 Å². The van der Waals surface area contributed by atoms with Crippen molar-refractivity contribution in [3.8, 4) is 0 Å². The van der Waals surface area contributed by atoms with E-state index in [4.69, 9.17) is 0 Å². The highest BCUT2D eigenvalue weighted by Crippen LogP contribution is 2.28. The number of nitrogens with zero attached hydrogens (tertiary/aromatic N) is 3. The quantitative estimate of drug-likeness (QED) is 0.726. The number of urea groups is 1. The Balaban J connectivity index is 2.08. The van der Waals surface area contributed by atoms with Gasteiger partial charge in [-0.2, -0.15) is 0 Å². The van der Waals surface area contributed by atoms with Crippen molar-refractivity contribution in [2.75, 3.05) is 26.5 Å². The van der Waals surface area contributed by atoms with Gasteiger partial charge in [0.05, 0.1) is 13.5 Å². The number of carbonyl (C=O) groups excluding carboxylic acids is 3. The molecule has 0 spiro atoms. The Kier molecular flexibility index (Phi) is 4.71. The van der Waals surface area contributed by atoms with Crippen molar-refractivity contribution in [3.63, 3.8) is 0 Å². The van der Waals surface area contributed by atoms with E-state index in [1.165, 1.54) is 23.8 Å². The first-order valence-corrected chi connectivity index (χ1v) is 7.59. The van der Waals surface area contributed by atoms with E-state index < -0.39 is 18.2 Å². The van der Waals surface area contributed by atoms with Crippen molar-refractivity contribution in [2.24, 2.45) is 4.99 Å². The lowest BCUT2D eigenvalue weighted by atomic mass is 10.1. The molecule has 2 aliphatic heterocycles. The molecule has 2 aliphatic rings. The van der Waals surface area contributed by atoms with Crippen LogP contribution in [0.4, 0.5) is 4.79 Å². The van der Waals surface area contributed by atoms with E-state index in [1.54, 1.807) is 7.05 Å². The van der Waals surface area contributed by atoms with Gasteiger partial charge in [0.2, 0.25) is 0 Å². The number of aliphatic imine (C=N–C) groups is 1. The van der Waals surface area contributed by atoms with Crippen LogP contribution < -0.4 is 5.32 Å². The van der Waals surface area contributed by atoms with Crippen LogP contribution in [0.25, 0.3) is 0 Å². The topological polar surface area (TPSA) is 91.3 Å². The summed E-state index contributed by atoms with van der Waals surface area (Å²) in [4.78, 5) is 42.5. The summed E-state index contributed by atoms with van der Waals surface area (Å²) in [6.45, 7) is 2.52. The molecule has 1 saturated heterocycles. The van der Waals surface area contributed by atoms with E-state index in [0.29, 0.717) is 17.5 Å². The van der Waals surface area contributed by atoms with Crippen molar-refractivity contribution in [3.05, 3.63) is 0 Å². The number of fused-ring (bicyclic) bond motifs is 1. The summed E-state index contributed by atoms with van der Waals surface area (Å²) in [6, 6.07) is -0.944. The minimum Gasteiger partial charge on any atom is -0.469 e. The molecular weight excluding hydrogens is 296 g/mol. The van der Waals surface area contributed by atoms with Gasteiger partial charge in [0, 0.05) is 19.3 Å². The lowest BCUT2D eigenvalue weighted by Crippen LogP contribution is -2.63. The summed E-state index contributed by atoms with van der Waals surface area (Å²) in [5, 5.41) is 2.99. The number of nitrogens with one attached hydrogen (secondary N) is 1. The number of hydrogen-bond acceptors (Lipinski definition) is 7. The van der Waals surface area contributed by atoms with E-state index in [0.717, 1.165) is 0 Å². The van der Waals surface area contributed by atoms with Crippen molar-refractivity contribution < 1.29 is 19.1 Å². The zero-order chi connectivity index (χ0) is 15.6. The second-order valence-electron chi connectivity index (χ2n) is 4.64. The summed E-state index contributed by atoms with van der Waals surface area (Å²) < 4.78 is 4.59. The second-order valence-corrected chi connectivity index (χ2v) is 5.70. The summed E-state index contributed by atoms with van der Waals surface area (Å²) >= 11 is 1.39. The molecule has 0 bridgehead atoms. The fraction of sp³-hybridized carbons (Fsp3) is 0.667. The van der Waals surface area contributed by atoms with Gasteiger partial charge < -0.3 is 14.5 Å². The smallest absolute Gasteiger partial charge is 0.325 e.